The number of rotatable bonds is 7. The summed E-state index contributed by atoms with van der Waals surface area (Å²) >= 11 is 0. The molecule has 1 saturated heterocycles. The van der Waals surface area contributed by atoms with Gasteiger partial charge < -0.3 is 10.6 Å². The number of hydrogen-bond donors (Lipinski definition) is 2. The number of piperidine rings is 1. The molecule has 0 aromatic carbocycles. The summed E-state index contributed by atoms with van der Waals surface area (Å²) in [6.07, 6.45) is 9.81. The molecular weight excluding hydrogens is 208 g/mol. The van der Waals surface area contributed by atoms with E-state index in [1.165, 1.54) is 64.6 Å². The van der Waals surface area contributed by atoms with Crippen LogP contribution in [0.15, 0.2) is 0 Å². The zero-order valence-electron chi connectivity index (χ0n) is 11.7. The summed E-state index contributed by atoms with van der Waals surface area (Å²) in [6, 6.07) is 0.811. The maximum absolute atomic E-state index is 3.68. The predicted molar refractivity (Wildman–Crippen MR) is 74.3 cm³/mol. The average Bonchev–Trinajstić information content (AvgIpc) is 3.11. The average molecular weight is 238 g/mol. The summed E-state index contributed by atoms with van der Waals surface area (Å²) < 4.78 is 0. The van der Waals surface area contributed by atoms with Crippen LogP contribution in [0.1, 0.15) is 58.8 Å². The molecular formula is C15H30N2. The second kappa shape index (κ2) is 6.19. The molecule has 17 heavy (non-hydrogen) atoms. The molecule has 2 nitrogen and oxygen atoms in total. The highest BCUT2D eigenvalue weighted by molar-refractivity contribution is 4.96. The fraction of sp³-hybridized carbons (Fsp3) is 1.00. The Hall–Kier alpha value is -0.0800. The van der Waals surface area contributed by atoms with E-state index in [4.69, 9.17) is 0 Å². The Bertz CT molecular complexity index is 215. The largest absolute Gasteiger partial charge is 0.316 e. The first-order valence-electron chi connectivity index (χ1n) is 7.67. The van der Waals surface area contributed by atoms with Crippen molar-refractivity contribution in [2.45, 2.75) is 64.8 Å². The molecule has 2 rings (SSSR count). The van der Waals surface area contributed by atoms with Crippen molar-refractivity contribution in [2.24, 2.45) is 11.3 Å². The van der Waals surface area contributed by atoms with E-state index in [9.17, 15) is 0 Å². The van der Waals surface area contributed by atoms with Crippen LogP contribution in [0.3, 0.4) is 0 Å². The van der Waals surface area contributed by atoms with Crippen molar-refractivity contribution in [3.63, 3.8) is 0 Å². The smallest absolute Gasteiger partial charge is 0.00675 e. The maximum Gasteiger partial charge on any atom is 0.00675 e. The Balaban J connectivity index is 1.49. The molecule has 2 fully saturated rings. The van der Waals surface area contributed by atoms with Gasteiger partial charge in [0.15, 0.2) is 0 Å². The van der Waals surface area contributed by atoms with Crippen molar-refractivity contribution in [2.75, 3.05) is 19.6 Å². The second-order valence-electron chi connectivity index (χ2n) is 6.48. The van der Waals surface area contributed by atoms with Gasteiger partial charge in [0.25, 0.3) is 0 Å². The molecule has 2 aliphatic rings. The van der Waals surface area contributed by atoms with Gasteiger partial charge in [0, 0.05) is 12.6 Å². The SMILES string of the molecule is CC(C)C1(CNCCCC2CCCCN2)CC1. The third kappa shape index (κ3) is 3.96. The van der Waals surface area contributed by atoms with Gasteiger partial charge in [-0.1, -0.05) is 20.3 Å². The monoisotopic (exact) mass is 238 g/mol. The first-order valence-corrected chi connectivity index (χ1v) is 7.67. The minimum absolute atomic E-state index is 0.670. The van der Waals surface area contributed by atoms with Crippen LogP contribution in [-0.2, 0) is 0 Å². The molecule has 0 bridgehead atoms. The van der Waals surface area contributed by atoms with E-state index in [-0.39, 0.29) is 0 Å². The van der Waals surface area contributed by atoms with Crippen molar-refractivity contribution in [3.8, 4) is 0 Å². The molecule has 0 aromatic heterocycles. The molecule has 100 valence electrons. The predicted octanol–water partition coefficient (Wildman–Crippen LogP) is 2.93. The van der Waals surface area contributed by atoms with E-state index in [2.05, 4.69) is 24.5 Å². The molecule has 2 heteroatoms. The number of hydrogen-bond acceptors (Lipinski definition) is 2. The summed E-state index contributed by atoms with van der Waals surface area (Å²) in [5, 5.41) is 7.31. The Labute approximate surface area is 107 Å². The molecule has 1 aliphatic heterocycles. The van der Waals surface area contributed by atoms with Crippen LogP contribution in [-0.4, -0.2) is 25.7 Å². The maximum atomic E-state index is 3.68. The zero-order chi connectivity index (χ0) is 12.1. The summed E-state index contributed by atoms with van der Waals surface area (Å²) in [5.41, 5.74) is 0.670. The van der Waals surface area contributed by atoms with Gasteiger partial charge in [0.05, 0.1) is 0 Å². The Morgan fingerprint density at radius 3 is 2.71 bits per heavy atom. The molecule has 0 radical (unpaired) electrons. The highest BCUT2D eigenvalue weighted by atomic mass is 14.9. The van der Waals surface area contributed by atoms with Crippen LogP contribution in [0, 0.1) is 11.3 Å². The molecule has 1 heterocycles. The highest BCUT2D eigenvalue weighted by Crippen LogP contribution is 2.51. The lowest BCUT2D eigenvalue weighted by Gasteiger charge is -2.24. The minimum Gasteiger partial charge on any atom is -0.316 e. The molecule has 1 aliphatic carbocycles. The first kappa shape index (κ1) is 13.4. The summed E-state index contributed by atoms with van der Waals surface area (Å²) in [4.78, 5) is 0. The summed E-state index contributed by atoms with van der Waals surface area (Å²) in [7, 11) is 0. The van der Waals surface area contributed by atoms with Crippen LogP contribution in [0.25, 0.3) is 0 Å². The van der Waals surface area contributed by atoms with Gasteiger partial charge in [0.2, 0.25) is 0 Å². The lowest BCUT2D eigenvalue weighted by atomic mass is 9.92. The molecule has 0 amide bonds. The quantitative estimate of drug-likeness (QED) is 0.666. The van der Waals surface area contributed by atoms with Crippen LogP contribution in [0.4, 0.5) is 0 Å². The minimum atomic E-state index is 0.670. The Kier molecular flexibility index (Phi) is 4.87. The van der Waals surface area contributed by atoms with E-state index in [1.807, 2.05) is 0 Å². The van der Waals surface area contributed by atoms with Crippen molar-refractivity contribution < 1.29 is 0 Å². The fourth-order valence-electron chi connectivity index (χ4n) is 3.10. The molecule has 1 unspecified atom stereocenters. The van der Waals surface area contributed by atoms with Crippen LogP contribution >= 0.6 is 0 Å². The van der Waals surface area contributed by atoms with Gasteiger partial charge in [-0.15, -0.1) is 0 Å². The van der Waals surface area contributed by atoms with Crippen LogP contribution in [0.5, 0.6) is 0 Å². The molecule has 1 saturated carbocycles. The summed E-state index contributed by atoms with van der Waals surface area (Å²) in [6.45, 7) is 8.46. The lowest BCUT2D eigenvalue weighted by Crippen LogP contribution is -2.35. The Morgan fingerprint density at radius 1 is 1.29 bits per heavy atom. The zero-order valence-corrected chi connectivity index (χ0v) is 11.7. The summed E-state index contributed by atoms with van der Waals surface area (Å²) in [5.74, 6) is 0.856. The van der Waals surface area contributed by atoms with E-state index >= 15 is 0 Å². The second-order valence-corrected chi connectivity index (χ2v) is 6.48. The van der Waals surface area contributed by atoms with Crippen molar-refractivity contribution in [1.29, 1.82) is 0 Å². The lowest BCUT2D eigenvalue weighted by molar-refractivity contribution is 0.330. The molecule has 1 atom stereocenters. The van der Waals surface area contributed by atoms with Gasteiger partial charge in [-0.05, 0) is 62.9 Å². The molecule has 0 spiro atoms. The van der Waals surface area contributed by atoms with Crippen LogP contribution in [0.2, 0.25) is 0 Å². The van der Waals surface area contributed by atoms with Gasteiger partial charge in [0.1, 0.15) is 0 Å². The van der Waals surface area contributed by atoms with Crippen molar-refractivity contribution in [1.82, 2.24) is 10.6 Å². The van der Waals surface area contributed by atoms with E-state index in [0.717, 1.165) is 12.0 Å². The van der Waals surface area contributed by atoms with E-state index in [1.54, 1.807) is 0 Å². The topological polar surface area (TPSA) is 24.1 Å². The third-order valence-corrected chi connectivity index (χ3v) is 4.91. The Morgan fingerprint density at radius 2 is 2.12 bits per heavy atom. The van der Waals surface area contributed by atoms with E-state index in [0.29, 0.717) is 5.41 Å². The van der Waals surface area contributed by atoms with Crippen molar-refractivity contribution >= 4 is 0 Å². The van der Waals surface area contributed by atoms with Gasteiger partial charge in [-0.25, -0.2) is 0 Å². The van der Waals surface area contributed by atoms with Crippen LogP contribution < -0.4 is 10.6 Å². The van der Waals surface area contributed by atoms with Gasteiger partial charge in [-0.2, -0.15) is 0 Å². The van der Waals surface area contributed by atoms with Gasteiger partial charge in [-0.3, -0.25) is 0 Å². The fourth-order valence-corrected chi connectivity index (χ4v) is 3.10. The first-order chi connectivity index (χ1) is 8.23. The number of nitrogens with one attached hydrogen (secondary N) is 2. The molecule has 0 aromatic rings. The third-order valence-electron chi connectivity index (χ3n) is 4.91. The van der Waals surface area contributed by atoms with E-state index < -0.39 is 0 Å². The van der Waals surface area contributed by atoms with Gasteiger partial charge >= 0.3 is 0 Å². The molecule has 2 N–H and O–H groups in total. The van der Waals surface area contributed by atoms with Crippen molar-refractivity contribution in [3.05, 3.63) is 0 Å². The normalized spacial score (nSPS) is 27.4. The standard InChI is InChI=1S/C15H30N2/c1-13(2)15(8-9-15)12-16-10-5-7-14-6-3-4-11-17-14/h13-14,16-17H,3-12H2,1-2H3. The highest BCUT2D eigenvalue weighted by Gasteiger charge is 2.44.